The van der Waals surface area contributed by atoms with E-state index >= 15 is 0 Å². The van der Waals surface area contributed by atoms with Gasteiger partial charge in [0.2, 0.25) is 0 Å². The Kier molecular flexibility index (Phi) is 3.56. The third kappa shape index (κ3) is 2.48. The van der Waals surface area contributed by atoms with Crippen molar-refractivity contribution in [1.29, 1.82) is 0 Å². The molecular formula is C14H14B2O2. The molecule has 0 heterocycles. The minimum atomic E-state index is -0.297. The molecule has 2 aromatic rings. The molecule has 88 valence electrons. The summed E-state index contributed by atoms with van der Waals surface area (Å²) < 4.78 is 4.84. The molecule has 0 aliphatic rings. The van der Waals surface area contributed by atoms with Crippen molar-refractivity contribution in [3.05, 3.63) is 48.0 Å². The first-order chi connectivity index (χ1) is 8.61. The summed E-state index contributed by atoms with van der Waals surface area (Å²) in [6, 6.07) is 13.9. The zero-order valence-corrected chi connectivity index (χ0v) is 10.9. The van der Waals surface area contributed by atoms with E-state index in [1.54, 1.807) is 0 Å². The number of carbonyl (C=O) groups is 1. The first-order valence-electron chi connectivity index (χ1n) is 5.88. The van der Waals surface area contributed by atoms with Crippen LogP contribution in [-0.4, -0.2) is 28.8 Å². The van der Waals surface area contributed by atoms with Gasteiger partial charge in [-0.25, -0.2) is 4.79 Å². The molecule has 2 aromatic carbocycles. The van der Waals surface area contributed by atoms with Gasteiger partial charge in [0.15, 0.2) is 0 Å². The lowest BCUT2D eigenvalue weighted by molar-refractivity contribution is 0.0601. The lowest BCUT2D eigenvalue weighted by Crippen LogP contribution is -2.10. The highest BCUT2D eigenvalue weighted by Gasteiger charge is 2.13. The van der Waals surface area contributed by atoms with Crippen molar-refractivity contribution in [1.82, 2.24) is 0 Å². The first kappa shape index (κ1) is 12.5. The van der Waals surface area contributed by atoms with Gasteiger partial charge < -0.3 is 4.74 Å². The van der Waals surface area contributed by atoms with Crippen LogP contribution in [-0.2, 0) is 4.74 Å². The number of ether oxygens (including phenoxy) is 1. The Bertz CT molecular complexity index is 577. The van der Waals surface area contributed by atoms with E-state index in [1.807, 2.05) is 58.2 Å². The van der Waals surface area contributed by atoms with Gasteiger partial charge in [-0.2, -0.15) is 0 Å². The molecule has 0 unspecified atom stereocenters. The summed E-state index contributed by atoms with van der Waals surface area (Å²) in [4.78, 5) is 11.8. The minimum absolute atomic E-state index is 0.297. The normalized spacial score (nSPS) is 10.1. The predicted octanol–water partition coefficient (Wildman–Crippen LogP) is -0.343. The maximum Gasteiger partial charge on any atom is 0.338 e. The average Bonchev–Trinajstić information content (AvgIpc) is 2.39. The van der Waals surface area contributed by atoms with E-state index in [9.17, 15) is 4.79 Å². The van der Waals surface area contributed by atoms with Gasteiger partial charge in [0.1, 0.15) is 15.7 Å². The van der Waals surface area contributed by atoms with Crippen molar-refractivity contribution in [2.75, 3.05) is 7.11 Å². The van der Waals surface area contributed by atoms with Crippen LogP contribution in [0.5, 0.6) is 0 Å². The van der Waals surface area contributed by atoms with Crippen molar-refractivity contribution in [3.8, 4) is 11.1 Å². The summed E-state index contributed by atoms with van der Waals surface area (Å²) >= 11 is 0. The summed E-state index contributed by atoms with van der Waals surface area (Å²) in [6.45, 7) is 0. The molecule has 0 amide bonds. The van der Waals surface area contributed by atoms with E-state index in [4.69, 9.17) is 4.74 Å². The Labute approximate surface area is 109 Å². The molecule has 0 radical (unpaired) electrons. The molecule has 0 N–H and O–H groups in total. The van der Waals surface area contributed by atoms with Crippen molar-refractivity contribution in [2.24, 2.45) is 0 Å². The van der Waals surface area contributed by atoms with Gasteiger partial charge in [-0.15, -0.1) is 0 Å². The van der Waals surface area contributed by atoms with E-state index in [-0.39, 0.29) is 5.97 Å². The fourth-order valence-electron chi connectivity index (χ4n) is 1.92. The van der Waals surface area contributed by atoms with Crippen LogP contribution in [0, 0.1) is 0 Å². The Morgan fingerprint density at radius 2 is 1.61 bits per heavy atom. The monoisotopic (exact) mass is 236 g/mol. The lowest BCUT2D eigenvalue weighted by atomic mass is 9.88. The largest absolute Gasteiger partial charge is 0.465 e. The molecule has 0 aromatic heterocycles. The molecule has 0 saturated carbocycles. The lowest BCUT2D eigenvalue weighted by Gasteiger charge is -2.09. The average molecular weight is 236 g/mol. The van der Waals surface area contributed by atoms with E-state index in [0.717, 1.165) is 16.6 Å². The molecule has 0 spiro atoms. The second kappa shape index (κ2) is 5.13. The van der Waals surface area contributed by atoms with Gasteiger partial charge in [-0.1, -0.05) is 53.4 Å². The van der Waals surface area contributed by atoms with Crippen LogP contribution in [0.25, 0.3) is 11.1 Å². The Morgan fingerprint density at radius 1 is 1.00 bits per heavy atom. The van der Waals surface area contributed by atoms with Crippen LogP contribution >= 0.6 is 0 Å². The number of rotatable bonds is 2. The Morgan fingerprint density at radius 3 is 2.22 bits per heavy atom. The zero-order chi connectivity index (χ0) is 13.1. The second-order valence-corrected chi connectivity index (χ2v) is 4.41. The van der Waals surface area contributed by atoms with Crippen LogP contribution in [0.1, 0.15) is 10.4 Å². The molecule has 0 saturated heterocycles. The van der Waals surface area contributed by atoms with Crippen LogP contribution in [0.4, 0.5) is 0 Å². The number of hydrogen-bond donors (Lipinski definition) is 0. The standard InChI is InChI=1S/C14H14B2O2/c1-18-14(17)13-8-11(16)6-7-12(13)9-2-4-10(15)5-3-9/h2-8H,15-16H2,1H3. The number of carbonyl (C=O) groups excluding carboxylic acids is 1. The third-order valence-electron chi connectivity index (χ3n) is 2.94. The van der Waals surface area contributed by atoms with Gasteiger partial charge in [-0.05, 0) is 11.1 Å². The summed E-state index contributed by atoms with van der Waals surface area (Å²) in [7, 11) is 5.41. The number of esters is 1. The molecule has 4 heteroatoms. The van der Waals surface area contributed by atoms with Gasteiger partial charge in [0.25, 0.3) is 0 Å². The maximum absolute atomic E-state index is 11.8. The summed E-state index contributed by atoms with van der Waals surface area (Å²) in [5.41, 5.74) is 4.80. The van der Waals surface area contributed by atoms with E-state index in [0.29, 0.717) is 5.56 Å². The molecule has 0 atom stereocenters. The Hall–Kier alpha value is -1.96. The summed E-state index contributed by atoms with van der Waals surface area (Å²) in [5.74, 6) is -0.297. The fourth-order valence-corrected chi connectivity index (χ4v) is 1.92. The highest BCUT2D eigenvalue weighted by atomic mass is 16.5. The van der Waals surface area contributed by atoms with E-state index in [2.05, 4.69) is 0 Å². The molecule has 0 aliphatic heterocycles. The molecule has 18 heavy (non-hydrogen) atoms. The van der Waals surface area contributed by atoms with Crippen molar-refractivity contribution in [3.63, 3.8) is 0 Å². The number of benzene rings is 2. The fraction of sp³-hybridized carbons (Fsp3) is 0.0714. The highest BCUT2D eigenvalue weighted by molar-refractivity contribution is 6.33. The quantitative estimate of drug-likeness (QED) is 0.526. The second-order valence-electron chi connectivity index (χ2n) is 4.41. The SMILES string of the molecule is Bc1ccc(-c2ccc(B)cc2C(=O)OC)cc1. The minimum Gasteiger partial charge on any atom is -0.465 e. The van der Waals surface area contributed by atoms with Crippen LogP contribution in [0.2, 0.25) is 0 Å². The summed E-state index contributed by atoms with van der Waals surface area (Å²) in [6.07, 6.45) is 0. The van der Waals surface area contributed by atoms with Gasteiger partial charge in [0.05, 0.1) is 12.7 Å². The van der Waals surface area contributed by atoms with E-state index in [1.165, 1.54) is 12.6 Å². The molecular weight excluding hydrogens is 222 g/mol. The first-order valence-corrected chi connectivity index (χ1v) is 5.88. The third-order valence-corrected chi connectivity index (χ3v) is 2.94. The maximum atomic E-state index is 11.8. The van der Waals surface area contributed by atoms with Gasteiger partial charge >= 0.3 is 5.97 Å². The molecule has 2 rings (SSSR count). The molecule has 0 aliphatic carbocycles. The smallest absolute Gasteiger partial charge is 0.338 e. The zero-order valence-electron chi connectivity index (χ0n) is 10.9. The molecule has 2 nitrogen and oxygen atoms in total. The predicted molar refractivity (Wildman–Crippen MR) is 79.6 cm³/mol. The van der Waals surface area contributed by atoms with Crippen LogP contribution in [0.3, 0.4) is 0 Å². The van der Waals surface area contributed by atoms with E-state index < -0.39 is 0 Å². The number of methoxy groups -OCH3 is 1. The van der Waals surface area contributed by atoms with Crippen LogP contribution in [0.15, 0.2) is 42.5 Å². The van der Waals surface area contributed by atoms with Crippen LogP contribution < -0.4 is 10.9 Å². The number of hydrogen-bond acceptors (Lipinski definition) is 2. The summed E-state index contributed by atoms with van der Waals surface area (Å²) in [5, 5.41) is 0. The van der Waals surface area contributed by atoms with Gasteiger partial charge in [0, 0.05) is 0 Å². The molecule has 0 bridgehead atoms. The molecule has 0 fully saturated rings. The Balaban J connectivity index is 2.56. The highest BCUT2D eigenvalue weighted by Crippen LogP contribution is 2.22. The van der Waals surface area contributed by atoms with Crippen molar-refractivity contribution < 1.29 is 9.53 Å². The van der Waals surface area contributed by atoms with Gasteiger partial charge in [-0.3, -0.25) is 0 Å². The van der Waals surface area contributed by atoms with Crippen molar-refractivity contribution in [2.45, 2.75) is 0 Å². The van der Waals surface area contributed by atoms with Crippen molar-refractivity contribution >= 4 is 32.6 Å². The topological polar surface area (TPSA) is 26.3 Å².